The fourth-order valence-electron chi connectivity index (χ4n) is 4.19. The summed E-state index contributed by atoms with van der Waals surface area (Å²) in [4.78, 5) is 39.5. The first-order chi connectivity index (χ1) is 16.9. The van der Waals surface area contributed by atoms with E-state index in [4.69, 9.17) is 4.74 Å². The number of para-hydroxylation sites is 1. The third-order valence-corrected chi connectivity index (χ3v) is 6.03. The highest BCUT2D eigenvalue weighted by Crippen LogP contribution is 2.28. The molecule has 7 heteroatoms. The molecular formula is C28H23N3O4. The summed E-state index contributed by atoms with van der Waals surface area (Å²) < 4.78 is 7.23. The molecule has 0 unspecified atom stereocenters. The van der Waals surface area contributed by atoms with Gasteiger partial charge in [0.25, 0.3) is 11.8 Å². The molecule has 174 valence electrons. The molecule has 0 radical (unpaired) electrons. The summed E-state index contributed by atoms with van der Waals surface area (Å²) in [7, 11) is 1.53. The Morgan fingerprint density at radius 1 is 0.914 bits per heavy atom. The molecule has 1 aromatic heterocycles. The number of barbiturate groups is 1. The van der Waals surface area contributed by atoms with Gasteiger partial charge in [-0.1, -0.05) is 48.0 Å². The van der Waals surface area contributed by atoms with Crippen molar-refractivity contribution >= 4 is 40.5 Å². The Morgan fingerprint density at radius 2 is 1.63 bits per heavy atom. The Labute approximate surface area is 202 Å². The van der Waals surface area contributed by atoms with E-state index in [9.17, 15) is 14.4 Å². The highest BCUT2D eigenvalue weighted by Gasteiger charge is 2.37. The largest absolute Gasteiger partial charge is 0.497 e. The lowest BCUT2D eigenvalue weighted by Crippen LogP contribution is -2.54. The van der Waals surface area contributed by atoms with Gasteiger partial charge in [-0.3, -0.25) is 14.9 Å². The molecule has 4 amide bonds. The maximum absolute atomic E-state index is 13.3. The van der Waals surface area contributed by atoms with Gasteiger partial charge in [-0.25, -0.2) is 9.69 Å². The number of methoxy groups -OCH3 is 1. The van der Waals surface area contributed by atoms with E-state index in [0.717, 1.165) is 26.9 Å². The van der Waals surface area contributed by atoms with Gasteiger partial charge in [0, 0.05) is 29.2 Å². The van der Waals surface area contributed by atoms with Crippen LogP contribution in [0.3, 0.4) is 0 Å². The van der Waals surface area contributed by atoms with Gasteiger partial charge < -0.3 is 9.30 Å². The minimum Gasteiger partial charge on any atom is -0.497 e. The number of carbonyl (C=O) groups is 3. The Bertz CT molecular complexity index is 1480. The number of fused-ring (bicyclic) bond motifs is 1. The fourth-order valence-corrected chi connectivity index (χ4v) is 4.19. The summed E-state index contributed by atoms with van der Waals surface area (Å²) in [6.07, 6.45) is 3.47. The van der Waals surface area contributed by atoms with Gasteiger partial charge in [-0.2, -0.15) is 0 Å². The van der Waals surface area contributed by atoms with E-state index in [2.05, 4.69) is 34.1 Å². The van der Waals surface area contributed by atoms with Crippen molar-refractivity contribution in [2.75, 3.05) is 12.0 Å². The zero-order valence-electron chi connectivity index (χ0n) is 19.3. The predicted octanol–water partition coefficient (Wildman–Crippen LogP) is 4.67. The second-order valence-corrected chi connectivity index (χ2v) is 8.37. The number of rotatable bonds is 5. The second-order valence-electron chi connectivity index (χ2n) is 8.37. The van der Waals surface area contributed by atoms with E-state index < -0.39 is 17.8 Å². The zero-order valence-corrected chi connectivity index (χ0v) is 19.3. The molecule has 1 N–H and O–H groups in total. The molecule has 35 heavy (non-hydrogen) atoms. The van der Waals surface area contributed by atoms with E-state index in [1.54, 1.807) is 30.3 Å². The Morgan fingerprint density at radius 3 is 2.34 bits per heavy atom. The van der Waals surface area contributed by atoms with Crippen LogP contribution in [0.25, 0.3) is 17.0 Å². The topological polar surface area (TPSA) is 80.6 Å². The van der Waals surface area contributed by atoms with Crippen LogP contribution < -0.4 is 15.0 Å². The molecular weight excluding hydrogens is 442 g/mol. The van der Waals surface area contributed by atoms with Crippen LogP contribution in [0.15, 0.2) is 84.6 Å². The van der Waals surface area contributed by atoms with Crippen molar-refractivity contribution in [1.29, 1.82) is 0 Å². The maximum Gasteiger partial charge on any atom is 0.335 e. The van der Waals surface area contributed by atoms with Crippen LogP contribution in [-0.4, -0.2) is 29.5 Å². The van der Waals surface area contributed by atoms with Crippen molar-refractivity contribution < 1.29 is 19.1 Å². The summed E-state index contributed by atoms with van der Waals surface area (Å²) in [6.45, 7) is 2.69. The number of amides is 4. The second kappa shape index (κ2) is 8.95. The molecule has 1 fully saturated rings. The lowest BCUT2D eigenvalue weighted by atomic mass is 10.1. The lowest BCUT2D eigenvalue weighted by molar-refractivity contribution is -0.122. The monoisotopic (exact) mass is 465 g/mol. The van der Waals surface area contributed by atoms with Crippen molar-refractivity contribution in [2.24, 2.45) is 0 Å². The van der Waals surface area contributed by atoms with E-state index >= 15 is 0 Å². The Kier molecular flexibility index (Phi) is 5.66. The van der Waals surface area contributed by atoms with E-state index in [0.29, 0.717) is 18.0 Å². The molecule has 1 aliphatic heterocycles. The number of benzene rings is 3. The molecule has 7 nitrogen and oxygen atoms in total. The Balaban J connectivity index is 1.54. The fraction of sp³-hybridized carbons (Fsp3) is 0.107. The van der Waals surface area contributed by atoms with Gasteiger partial charge in [0.2, 0.25) is 0 Å². The molecule has 0 saturated carbocycles. The minimum atomic E-state index is -0.788. The van der Waals surface area contributed by atoms with Crippen LogP contribution in [0.5, 0.6) is 5.75 Å². The first-order valence-electron chi connectivity index (χ1n) is 11.1. The average molecular weight is 466 g/mol. The van der Waals surface area contributed by atoms with Gasteiger partial charge in [0.15, 0.2) is 0 Å². The predicted molar refractivity (Wildman–Crippen MR) is 134 cm³/mol. The van der Waals surface area contributed by atoms with Crippen molar-refractivity contribution in [3.05, 3.63) is 101 Å². The van der Waals surface area contributed by atoms with Gasteiger partial charge >= 0.3 is 6.03 Å². The number of nitrogens with one attached hydrogen (secondary N) is 1. The van der Waals surface area contributed by atoms with Crippen molar-refractivity contribution in [2.45, 2.75) is 13.5 Å². The van der Waals surface area contributed by atoms with Crippen LogP contribution >= 0.6 is 0 Å². The molecule has 0 atom stereocenters. The molecule has 1 aliphatic rings. The SMILES string of the molecule is COc1ccc(N2C(=O)NC(=O)C(=Cc3cn(Cc4ccc(C)cc4)c4ccccc34)C2=O)cc1. The van der Waals surface area contributed by atoms with Gasteiger partial charge in [0.05, 0.1) is 12.8 Å². The van der Waals surface area contributed by atoms with Crippen LogP contribution in [0.4, 0.5) is 10.5 Å². The normalized spacial score (nSPS) is 15.1. The molecule has 3 aromatic carbocycles. The van der Waals surface area contributed by atoms with Gasteiger partial charge in [-0.05, 0) is 48.9 Å². The van der Waals surface area contributed by atoms with Crippen LogP contribution in [0.1, 0.15) is 16.7 Å². The summed E-state index contributed by atoms with van der Waals surface area (Å²) in [5, 5.41) is 3.18. The first-order valence-corrected chi connectivity index (χ1v) is 11.1. The summed E-state index contributed by atoms with van der Waals surface area (Å²) in [5.74, 6) is -0.814. The molecule has 0 spiro atoms. The van der Waals surface area contributed by atoms with Crippen LogP contribution in [-0.2, 0) is 16.1 Å². The lowest BCUT2D eigenvalue weighted by Gasteiger charge is -2.26. The van der Waals surface area contributed by atoms with E-state index in [-0.39, 0.29) is 5.57 Å². The van der Waals surface area contributed by atoms with E-state index in [1.165, 1.54) is 12.7 Å². The number of hydrogen-bond donors (Lipinski definition) is 1. The van der Waals surface area contributed by atoms with Gasteiger partial charge in [0.1, 0.15) is 11.3 Å². The van der Waals surface area contributed by atoms with Gasteiger partial charge in [-0.15, -0.1) is 0 Å². The summed E-state index contributed by atoms with van der Waals surface area (Å²) >= 11 is 0. The number of nitrogens with zero attached hydrogens (tertiary/aromatic N) is 2. The standard InChI is InChI=1S/C28H23N3O4/c1-18-7-9-19(10-8-18)16-30-17-20(23-5-3-4-6-25(23)30)15-24-26(32)29-28(34)31(27(24)33)21-11-13-22(35-2)14-12-21/h3-15,17H,16H2,1-2H3,(H,29,32,34). The number of hydrogen-bond acceptors (Lipinski definition) is 4. The smallest absolute Gasteiger partial charge is 0.335 e. The first kappa shape index (κ1) is 22.2. The molecule has 4 aromatic rings. The maximum atomic E-state index is 13.3. The molecule has 0 aliphatic carbocycles. The number of carbonyl (C=O) groups excluding carboxylic acids is 3. The van der Waals surface area contributed by atoms with E-state index in [1.807, 2.05) is 37.4 Å². The number of urea groups is 1. The summed E-state index contributed by atoms with van der Waals surface area (Å²) in [5.41, 5.74) is 4.25. The molecule has 5 rings (SSSR count). The third kappa shape index (κ3) is 4.19. The van der Waals surface area contributed by atoms with Crippen molar-refractivity contribution in [1.82, 2.24) is 9.88 Å². The number of anilines is 1. The average Bonchev–Trinajstić information content (AvgIpc) is 3.20. The highest BCUT2D eigenvalue weighted by molar-refractivity contribution is 6.39. The number of imide groups is 2. The molecule has 0 bridgehead atoms. The number of aromatic nitrogens is 1. The quantitative estimate of drug-likeness (QED) is 0.343. The Hall–Kier alpha value is -4.65. The van der Waals surface area contributed by atoms with Crippen molar-refractivity contribution in [3.8, 4) is 5.75 Å². The van der Waals surface area contributed by atoms with Crippen molar-refractivity contribution in [3.63, 3.8) is 0 Å². The summed E-state index contributed by atoms with van der Waals surface area (Å²) in [6, 6.07) is 21.8. The third-order valence-electron chi connectivity index (χ3n) is 6.03. The number of aryl methyl sites for hydroxylation is 1. The molecule has 1 saturated heterocycles. The zero-order chi connectivity index (χ0) is 24.5. The van der Waals surface area contributed by atoms with Crippen LogP contribution in [0, 0.1) is 6.92 Å². The van der Waals surface area contributed by atoms with Crippen LogP contribution in [0.2, 0.25) is 0 Å². The molecule has 2 heterocycles. The highest BCUT2D eigenvalue weighted by atomic mass is 16.5. The number of ether oxygens (including phenoxy) is 1. The minimum absolute atomic E-state index is 0.112.